The molecule has 0 aliphatic carbocycles. The van der Waals surface area contributed by atoms with Gasteiger partial charge in [-0.3, -0.25) is 14.3 Å². The van der Waals surface area contributed by atoms with Crippen LogP contribution in [0.3, 0.4) is 0 Å². The molecule has 13 heteroatoms. The van der Waals surface area contributed by atoms with E-state index in [1.807, 2.05) is 0 Å². The molecule has 4 aromatic rings. The van der Waals surface area contributed by atoms with Gasteiger partial charge in [-0.05, 0) is 24.3 Å². The molecular weight excluding hydrogens is 551 g/mol. The van der Waals surface area contributed by atoms with Crippen molar-refractivity contribution in [2.45, 2.75) is 0 Å². The lowest BCUT2D eigenvalue weighted by Crippen LogP contribution is -2.42. The van der Waals surface area contributed by atoms with Crippen molar-refractivity contribution in [2.24, 2.45) is 7.05 Å². The number of benzene rings is 1. The summed E-state index contributed by atoms with van der Waals surface area (Å²) in [6.45, 7) is 2.08. The number of anilines is 2. The van der Waals surface area contributed by atoms with Gasteiger partial charge in [-0.1, -0.05) is 29.3 Å². The van der Waals surface area contributed by atoms with Crippen LogP contribution in [0.25, 0.3) is 22.2 Å². The van der Waals surface area contributed by atoms with Gasteiger partial charge in [0, 0.05) is 49.9 Å². The lowest BCUT2D eigenvalue weighted by molar-refractivity contribution is 0.215. The van der Waals surface area contributed by atoms with E-state index in [4.69, 9.17) is 27.9 Å². The van der Waals surface area contributed by atoms with Crippen LogP contribution in [0.15, 0.2) is 53.6 Å². The quantitative estimate of drug-likeness (QED) is 0.353. The highest BCUT2D eigenvalue weighted by atomic mass is 35.5. The first kappa shape index (κ1) is 26.4. The first-order chi connectivity index (χ1) is 18.2. The molecule has 0 unspecified atom stereocenters. The van der Waals surface area contributed by atoms with Crippen molar-refractivity contribution in [3.05, 3.63) is 69.2 Å². The zero-order valence-corrected chi connectivity index (χ0v) is 22.7. The number of rotatable bonds is 7. The average Bonchev–Trinajstić information content (AvgIpc) is 2.89. The molecule has 10 nitrogen and oxygen atoms in total. The third-order valence-corrected chi connectivity index (χ3v) is 8.51. The highest BCUT2D eigenvalue weighted by molar-refractivity contribution is 7.91. The van der Waals surface area contributed by atoms with E-state index in [1.165, 1.54) is 4.57 Å². The third-order valence-electron chi connectivity index (χ3n) is 6.27. The molecule has 0 amide bonds. The number of sulfone groups is 1. The van der Waals surface area contributed by atoms with Crippen molar-refractivity contribution in [1.82, 2.24) is 24.4 Å². The molecule has 0 saturated carbocycles. The summed E-state index contributed by atoms with van der Waals surface area (Å²) in [5.74, 6) is 1.13. The van der Waals surface area contributed by atoms with Crippen LogP contribution in [0.2, 0.25) is 10.0 Å². The van der Waals surface area contributed by atoms with Gasteiger partial charge in [-0.25, -0.2) is 18.4 Å². The van der Waals surface area contributed by atoms with Gasteiger partial charge in [0.25, 0.3) is 5.56 Å². The van der Waals surface area contributed by atoms with E-state index in [-0.39, 0.29) is 17.1 Å². The van der Waals surface area contributed by atoms with E-state index in [0.717, 1.165) is 0 Å². The van der Waals surface area contributed by atoms with E-state index >= 15 is 0 Å². The van der Waals surface area contributed by atoms with Crippen molar-refractivity contribution >= 4 is 55.7 Å². The van der Waals surface area contributed by atoms with E-state index in [1.54, 1.807) is 55.8 Å². The highest BCUT2D eigenvalue weighted by Gasteiger charge is 2.21. The van der Waals surface area contributed by atoms with Gasteiger partial charge >= 0.3 is 0 Å². The van der Waals surface area contributed by atoms with Crippen molar-refractivity contribution in [1.29, 1.82) is 0 Å². The molecule has 5 rings (SSSR count). The van der Waals surface area contributed by atoms with Crippen LogP contribution in [0.1, 0.15) is 0 Å². The van der Waals surface area contributed by atoms with Gasteiger partial charge in [0.1, 0.15) is 12.3 Å². The molecule has 1 N–H and O–H groups in total. The Kier molecular flexibility index (Phi) is 7.53. The highest BCUT2D eigenvalue weighted by Crippen LogP contribution is 2.33. The second kappa shape index (κ2) is 10.9. The Balaban J connectivity index is 1.26. The minimum Gasteiger partial charge on any atom is -0.476 e. The molecule has 4 heterocycles. The Morgan fingerprint density at radius 2 is 1.79 bits per heavy atom. The smallest absolute Gasteiger partial charge is 0.259 e. The number of nitrogens with zero attached hydrogens (tertiary/aromatic N) is 5. The van der Waals surface area contributed by atoms with Gasteiger partial charge < -0.3 is 10.1 Å². The number of aromatic nitrogens is 4. The molecule has 0 spiro atoms. The van der Waals surface area contributed by atoms with Crippen molar-refractivity contribution in [2.75, 3.05) is 43.1 Å². The molecule has 198 valence electrons. The van der Waals surface area contributed by atoms with Gasteiger partial charge in [-0.15, -0.1) is 0 Å². The van der Waals surface area contributed by atoms with Crippen LogP contribution in [0.5, 0.6) is 5.88 Å². The van der Waals surface area contributed by atoms with Gasteiger partial charge in [0.05, 0.1) is 39.0 Å². The summed E-state index contributed by atoms with van der Waals surface area (Å²) in [5, 5.41) is 4.51. The Labute approximate surface area is 229 Å². The number of hydrogen-bond donors (Lipinski definition) is 1. The summed E-state index contributed by atoms with van der Waals surface area (Å²) >= 11 is 12.7. The van der Waals surface area contributed by atoms with E-state index < -0.39 is 9.84 Å². The summed E-state index contributed by atoms with van der Waals surface area (Å²) in [4.78, 5) is 28.4. The Morgan fingerprint density at radius 3 is 2.47 bits per heavy atom. The molecule has 3 aromatic heterocycles. The predicted octanol–water partition coefficient (Wildman–Crippen LogP) is 3.55. The normalized spacial score (nSPS) is 15.4. The molecule has 0 radical (unpaired) electrons. The minimum atomic E-state index is -2.90. The molecular formula is C25H24Cl2N6O4S. The fourth-order valence-electron chi connectivity index (χ4n) is 4.16. The fraction of sp³-hybridized carbons (Fsp3) is 0.280. The van der Waals surface area contributed by atoms with Crippen LogP contribution >= 0.6 is 23.2 Å². The standard InChI is InChI=1S/C25H24Cl2N6O4S/c1-32-23-16(13-18(24(32)34)22-19(26)3-2-4-20(22)27)14-29-25(31-23)30-17-5-6-21(28-15-17)37-10-7-33-8-11-38(35,36)12-9-33/h2-6,13-15H,7-12H2,1H3,(H,29,30,31). The lowest BCUT2D eigenvalue weighted by atomic mass is 10.1. The van der Waals surface area contributed by atoms with Crippen molar-refractivity contribution < 1.29 is 13.2 Å². The number of ether oxygens (including phenoxy) is 1. The number of fused-ring (bicyclic) bond motifs is 1. The molecule has 38 heavy (non-hydrogen) atoms. The molecule has 1 aromatic carbocycles. The number of nitrogens with one attached hydrogen (secondary N) is 1. The van der Waals surface area contributed by atoms with Gasteiger partial charge in [0.15, 0.2) is 9.84 Å². The predicted molar refractivity (Wildman–Crippen MR) is 148 cm³/mol. The van der Waals surface area contributed by atoms with Crippen LogP contribution < -0.4 is 15.6 Å². The molecule has 1 saturated heterocycles. The van der Waals surface area contributed by atoms with Crippen molar-refractivity contribution in [3.63, 3.8) is 0 Å². The summed E-state index contributed by atoms with van der Waals surface area (Å²) in [5.41, 5.74) is 1.63. The number of hydrogen-bond acceptors (Lipinski definition) is 9. The first-order valence-corrected chi connectivity index (χ1v) is 14.4. The topological polar surface area (TPSA) is 119 Å². The summed E-state index contributed by atoms with van der Waals surface area (Å²) in [6, 6.07) is 10.3. The number of halogens is 2. The van der Waals surface area contributed by atoms with Gasteiger partial charge in [-0.2, -0.15) is 4.98 Å². The average molecular weight is 575 g/mol. The van der Waals surface area contributed by atoms with Crippen LogP contribution in [-0.2, 0) is 16.9 Å². The van der Waals surface area contributed by atoms with Crippen LogP contribution in [0.4, 0.5) is 11.6 Å². The molecule has 1 aliphatic heterocycles. The second-order valence-corrected chi connectivity index (χ2v) is 12.0. The maximum Gasteiger partial charge on any atom is 0.259 e. The Hall–Kier alpha value is -3.25. The third kappa shape index (κ3) is 5.75. The summed E-state index contributed by atoms with van der Waals surface area (Å²) < 4.78 is 30.2. The maximum atomic E-state index is 13.1. The fourth-order valence-corrected chi connectivity index (χ4v) is 6.04. The zero-order chi connectivity index (χ0) is 26.9. The SMILES string of the molecule is Cn1c(=O)c(-c2c(Cl)cccc2Cl)cc2cnc(Nc3ccc(OCCN4CCS(=O)(=O)CC4)nc3)nc21. The number of pyridine rings is 2. The van der Waals surface area contributed by atoms with Crippen LogP contribution in [-0.4, -0.2) is 70.6 Å². The second-order valence-electron chi connectivity index (χ2n) is 8.84. The summed E-state index contributed by atoms with van der Waals surface area (Å²) in [7, 11) is -1.26. The lowest BCUT2D eigenvalue weighted by Gasteiger charge is -2.26. The summed E-state index contributed by atoms with van der Waals surface area (Å²) in [6.07, 6.45) is 3.22. The largest absolute Gasteiger partial charge is 0.476 e. The van der Waals surface area contributed by atoms with E-state index in [2.05, 4.69) is 25.2 Å². The van der Waals surface area contributed by atoms with E-state index in [9.17, 15) is 13.2 Å². The molecule has 0 atom stereocenters. The monoisotopic (exact) mass is 574 g/mol. The first-order valence-electron chi connectivity index (χ1n) is 11.8. The maximum absolute atomic E-state index is 13.1. The van der Waals surface area contributed by atoms with Crippen LogP contribution in [0, 0.1) is 0 Å². The van der Waals surface area contributed by atoms with E-state index in [0.29, 0.717) is 76.0 Å². The molecule has 0 bridgehead atoms. The zero-order valence-electron chi connectivity index (χ0n) is 20.4. The number of aryl methyl sites for hydroxylation is 1. The van der Waals surface area contributed by atoms with Gasteiger partial charge in [0.2, 0.25) is 11.8 Å². The Bertz CT molecular complexity index is 1630. The molecule has 1 aliphatic rings. The minimum absolute atomic E-state index is 0.188. The van der Waals surface area contributed by atoms with Crippen molar-refractivity contribution in [3.8, 4) is 17.0 Å². The Morgan fingerprint density at radius 1 is 1.05 bits per heavy atom. The molecule has 1 fully saturated rings.